The maximum Gasteiger partial charge on any atom is 0.336 e. The Morgan fingerprint density at radius 2 is 1.65 bits per heavy atom. The molecule has 0 aliphatic heterocycles. The fourth-order valence-electron chi connectivity index (χ4n) is 2.02. The smallest absolute Gasteiger partial charge is 0.336 e. The molecule has 4 nitrogen and oxygen atoms in total. The van der Waals surface area contributed by atoms with Crippen molar-refractivity contribution in [2.75, 3.05) is 13.2 Å². The van der Waals surface area contributed by atoms with Crippen molar-refractivity contribution in [2.45, 2.75) is 85.4 Å². The molecule has 0 rings (SSSR count). The van der Waals surface area contributed by atoms with Crippen LogP contribution in [-0.2, 0) is 19.3 Å². The second kappa shape index (κ2) is 8.98. The van der Waals surface area contributed by atoms with Crippen LogP contribution in [0.2, 0.25) is 0 Å². The third-order valence-electron chi connectivity index (χ3n) is 3.67. The van der Waals surface area contributed by atoms with Gasteiger partial charge in [0.2, 0.25) is 0 Å². The van der Waals surface area contributed by atoms with E-state index in [1.165, 1.54) is 0 Å². The minimum atomic E-state index is -1.91. The summed E-state index contributed by atoms with van der Waals surface area (Å²) in [6, 6.07) is 0. The maximum atomic E-state index is 12.6. The Labute approximate surface area is 124 Å². The molecule has 20 heavy (non-hydrogen) atoms. The van der Waals surface area contributed by atoms with Crippen molar-refractivity contribution in [1.82, 2.24) is 0 Å². The van der Waals surface area contributed by atoms with Crippen molar-refractivity contribution in [3.8, 4) is 0 Å². The van der Waals surface area contributed by atoms with Gasteiger partial charge in [0.25, 0.3) is 0 Å². The Hall–Kier alpha value is -0.160. The molecule has 0 heterocycles. The zero-order chi connectivity index (χ0) is 15.8. The van der Waals surface area contributed by atoms with Crippen LogP contribution in [0.3, 0.4) is 0 Å². The zero-order valence-electron chi connectivity index (χ0n) is 14.3. The first kappa shape index (κ1) is 19.8. The van der Waals surface area contributed by atoms with Gasteiger partial charge in [-0.2, -0.15) is 5.11 Å². The topological polar surface area (TPSA) is 47.6 Å². The van der Waals surface area contributed by atoms with E-state index in [0.29, 0.717) is 12.5 Å². The van der Waals surface area contributed by atoms with Crippen LogP contribution < -0.4 is 0 Å². The number of rotatable bonds is 11. The van der Waals surface area contributed by atoms with Crippen LogP contribution >= 0.6 is 0 Å². The van der Waals surface area contributed by atoms with Crippen LogP contribution in [0.5, 0.6) is 0 Å². The van der Waals surface area contributed by atoms with Gasteiger partial charge in [0.15, 0.2) is 0 Å². The lowest BCUT2D eigenvalue weighted by Gasteiger charge is -2.34. The second-order valence-electron chi connectivity index (χ2n) is 6.12. The van der Waals surface area contributed by atoms with Crippen molar-refractivity contribution in [3.05, 3.63) is 0 Å². The van der Waals surface area contributed by atoms with Crippen LogP contribution in [0.25, 0.3) is 0 Å². The fraction of sp³-hybridized carbons (Fsp3) is 1.00. The Morgan fingerprint density at radius 3 is 2.10 bits per heavy atom. The van der Waals surface area contributed by atoms with Crippen LogP contribution in [-0.4, -0.2) is 30.9 Å². The highest BCUT2D eigenvalue weighted by Crippen LogP contribution is 2.24. The Balaban J connectivity index is 4.59. The summed E-state index contributed by atoms with van der Waals surface area (Å²) in [5, 5.41) is 12.6. The maximum absolute atomic E-state index is 12.6. The lowest BCUT2D eigenvalue weighted by molar-refractivity contribution is -0.420. The molecule has 0 aliphatic rings. The lowest BCUT2D eigenvalue weighted by atomic mass is 10.0. The fourth-order valence-corrected chi connectivity index (χ4v) is 2.02. The molecular weight excluding hydrogens is 256 g/mol. The van der Waals surface area contributed by atoms with E-state index in [9.17, 15) is 5.11 Å². The van der Waals surface area contributed by atoms with Crippen LogP contribution in [0, 0.1) is 5.92 Å². The minimum Gasteiger partial charge on any atom is -0.367 e. The van der Waals surface area contributed by atoms with Gasteiger partial charge in [-0.05, 0) is 40.0 Å². The Morgan fingerprint density at radius 1 is 1.05 bits per heavy atom. The molecule has 121 valence electrons. The molecule has 0 saturated carbocycles. The van der Waals surface area contributed by atoms with Gasteiger partial charge < -0.3 is 14.2 Å². The van der Waals surface area contributed by atoms with Crippen molar-refractivity contribution in [2.24, 2.45) is 5.92 Å². The van der Waals surface area contributed by atoms with E-state index in [-0.39, 0.29) is 18.3 Å². The quantitative estimate of drug-likeness (QED) is 0.537. The molecule has 0 aromatic carbocycles. The summed E-state index contributed by atoms with van der Waals surface area (Å²) in [7, 11) is 0. The highest BCUT2D eigenvalue weighted by Gasteiger charge is 2.37. The third kappa shape index (κ3) is 7.58. The standard InChI is InChI=1S/C16H33O4/c1-8-11-15(6,7)19-12-16(17,18-10-3)20-14(5)13(4)9-2/h13-14H,8-12H2,1-7H3. The monoisotopic (exact) mass is 289 g/mol. The van der Waals surface area contributed by atoms with Crippen LogP contribution in [0.15, 0.2) is 0 Å². The van der Waals surface area contributed by atoms with Gasteiger partial charge in [-0.15, -0.1) is 0 Å². The first-order valence-electron chi connectivity index (χ1n) is 7.85. The van der Waals surface area contributed by atoms with E-state index < -0.39 is 5.97 Å². The normalized spacial score (nSPS) is 18.6. The SMILES string of the molecule is CCCC(C)(C)OCC([O])(OCC)OC(C)C(C)CC. The van der Waals surface area contributed by atoms with Gasteiger partial charge in [-0.25, -0.2) is 0 Å². The van der Waals surface area contributed by atoms with E-state index in [1.54, 1.807) is 6.92 Å². The molecule has 0 fully saturated rings. The van der Waals surface area contributed by atoms with E-state index in [0.717, 1.165) is 19.3 Å². The lowest BCUT2D eigenvalue weighted by Crippen LogP contribution is -2.45. The average Bonchev–Trinajstić information content (AvgIpc) is 2.36. The molecule has 0 amide bonds. The molecule has 3 unspecified atom stereocenters. The van der Waals surface area contributed by atoms with Gasteiger partial charge in [0.1, 0.15) is 6.61 Å². The molecule has 1 radical (unpaired) electrons. The van der Waals surface area contributed by atoms with Gasteiger partial charge in [0.05, 0.1) is 11.7 Å². The van der Waals surface area contributed by atoms with Crippen molar-refractivity contribution >= 4 is 0 Å². The number of hydrogen-bond donors (Lipinski definition) is 0. The minimum absolute atomic E-state index is 0.0887. The molecule has 0 bridgehead atoms. The predicted molar refractivity (Wildman–Crippen MR) is 80.0 cm³/mol. The molecule has 0 spiro atoms. The van der Waals surface area contributed by atoms with Gasteiger partial charge in [-0.3, -0.25) is 0 Å². The predicted octanol–water partition coefficient (Wildman–Crippen LogP) is 4.15. The van der Waals surface area contributed by atoms with Gasteiger partial charge in [-0.1, -0.05) is 33.6 Å². The van der Waals surface area contributed by atoms with Crippen molar-refractivity contribution in [3.63, 3.8) is 0 Å². The summed E-state index contributed by atoms with van der Waals surface area (Å²) in [5.74, 6) is -1.60. The largest absolute Gasteiger partial charge is 0.367 e. The van der Waals surface area contributed by atoms with Crippen molar-refractivity contribution in [1.29, 1.82) is 0 Å². The van der Waals surface area contributed by atoms with Crippen molar-refractivity contribution < 1.29 is 19.3 Å². The first-order valence-corrected chi connectivity index (χ1v) is 7.85. The van der Waals surface area contributed by atoms with Gasteiger partial charge in [0, 0.05) is 6.61 Å². The summed E-state index contributed by atoms with van der Waals surface area (Å²) in [6.07, 6.45) is 2.72. The van der Waals surface area contributed by atoms with E-state index in [4.69, 9.17) is 14.2 Å². The summed E-state index contributed by atoms with van der Waals surface area (Å²) in [5.41, 5.74) is -0.329. The zero-order valence-corrected chi connectivity index (χ0v) is 14.3. The van der Waals surface area contributed by atoms with E-state index >= 15 is 0 Å². The first-order chi connectivity index (χ1) is 9.19. The molecule has 0 aromatic rings. The molecule has 3 atom stereocenters. The van der Waals surface area contributed by atoms with E-state index in [2.05, 4.69) is 20.8 Å². The third-order valence-corrected chi connectivity index (χ3v) is 3.67. The van der Waals surface area contributed by atoms with Crippen LogP contribution in [0.1, 0.15) is 67.7 Å². The molecule has 0 N–H and O–H groups in total. The molecular formula is C16H33O4. The average molecular weight is 289 g/mol. The molecule has 0 aliphatic carbocycles. The molecule has 4 heteroatoms. The summed E-state index contributed by atoms with van der Waals surface area (Å²) < 4.78 is 16.6. The number of hydrogen-bond acceptors (Lipinski definition) is 3. The Kier molecular flexibility index (Phi) is 8.91. The summed E-state index contributed by atoms with van der Waals surface area (Å²) in [4.78, 5) is 0. The Bertz CT molecular complexity index is 255. The summed E-state index contributed by atoms with van der Waals surface area (Å²) in [6.45, 7) is 14.2. The number of ether oxygens (including phenoxy) is 3. The molecule has 0 aromatic heterocycles. The highest BCUT2D eigenvalue weighted by molar-refractivity contribution is 4.70. The highest BCUT2D eigenvalue weighted by atomic mass is 16.8. The summed E-state index contributed by atoms with van der Waals surface area (Å²) >= 11 is 0. The second-order valence-corrected chi connectivity index (χ2v) is 6.12. The van der Waals surface area contributed by atoms with E-state index in [1.807, 2.05) is 20.8 Å². The van der Waals surface area contributed by atoms with Gasteiger partial charge >= 0.3 is 5.97 Å². The molecule has 0 saturated heterocycles. The van der Waals surface area contributed by atoms with Crippen LogP contribution in [0.4, 0.5) is 0 Å².